The van der Waals surface area contributed by atoms with Crippen LogP contribution in [-0.2, 0) is 0 Å². The van der Waals surface area contributed by atoms with Crippen LogP contribution < -0.4 is 14.8 Å². The van der Waals surface area contributed by atoms with Crippen LogP contribution in [-0.4, -0.2) is 33.0 Å². The van der Waals surface area contributed by atoms with Crippen molar-refractivity contribution >= 4 is 0 Å². The van der Waals surface area contributed by atoms with Gasteiger partial charge in [0.2, 0.25) is 0 Å². The fourth-order valence-electron chi connectivity index (χ4n) is 1.86. The van der Waals surface area contributed by atoms with Crippen LogP contribution in [0, 0.1) is 0 Å². The van der Waals surface area contributed by atoms with Crippen molar-refractivity contribution in [1.82, 2.24) is 5.32 Å². The molecule has 0 aliphatic rings. The summed E-state index contributed by atoms with van der Waals surface area (Å²) in [6.07, 6.45) is 1.61. The molecule has 0 aromatic heterocycles. The summed E-state index contributed by atoms with van der Waals surface area (Å²) < 4.78 is 10.6. The molecule has 1 aromatic carbocycles. The summed E-state index contributed by atoms with van der Waals surface area (Å²) in [6.45, 7) is 0.199. The highest BCUT2D eigenvalue weighted by molar-refractivity contribution is 5.42. The number of benzene rings is 1. The van der Waals surface area contributed by atoms with Crippen LogP contribution in [0.3, 0.4) is 0 Å². The molecule has 0 bridgehead atoms. The smallest absolute Gasteiger partial charge is 0.123 e. The van der Waals surface area contributed by atoms with Crippen LogP contribution >= 0.6 is 0 Å². The number of nitrogens with one attached hydrogen (secondary N) is 1. The standard InChI is InChI=1S/C13H21NO3/c1-14-12(5-4-8-15)11-9-10(16-2)6-7-13(11)17-3/h6-7,9,12,14-15H,4-5,8H2,1-3H3. The Morgan fingerprint density at radius 3 is 2.59 bits per heavy atom. The largest absolute Gasteiger partial charge is 0.497 e. The molecule has 0 spiro atoms. The molecular weight excluding hydrogens is 218 g/mol. The van der Waals surface area contributed by atoms with Gasteiger partial charge in [-0.25, -0.2) is 0 Å². The second-order valence-corrected chi connectivity index (χ2v) is 3.81. The Kier molecular flexibility index (Phi) is 5.80. The maximum atomic E-state index is 8.90. The molecule has 1 aromatic rings. The van der Waals surface area contributed by atoms with Gasteiger partial charge in [0.15, 0.2) is 0 Å². The minimum Gasteiger partial charge on any atom is -0.497 e. The number of aliphatic hydroxyl groups is 1. The summed E-state index contributed by atoms with van der Waals surface area (Å²) in [6, 6.07) is 5.91. The Morgan fingerprint density at radius 1 is 1.29 bits per heavy atom. The molecule has 0 aliphatic carbocycles. The second-order valence-electron chi connectivity index (χ2n) is 3.81. The highest BCUT2D eigenvalue weighted by Gasteiger charge is 2.15. The lowest BCUT2D eigenvalue weighted by molar-refractivity contribution is 0.275. The summed E-state index contributed by atoms with van der Waals surface area (Å²) in [4.78, 5) is 0. The quantitative estimate of drug-likeness (QED) is 0.761. The van der Waals surface area contributed by atoms with Gasteiger partial charge in [0, 0.05) is 18.2 Å². The van der Waals surface area contributed by atoms with E-state index in [9.17, 15) is 0 Å². The Hall–Kier alpha value is -1.26. The van der Waals surface area contributed by atoms with E-state index in [1.807, 2.05) is 25.2 Å². The fraction of sp³-hybridized carbons (Fsp3) is 0.538. The number of hydrogen-bond donors (Lipinski definition) is 2. The lowest BCUT2D eigenvalue weighted by atomic mass is 10.0. The van der Waals surface area contributed by atoms with Gasteiger partial charge in [-0.1, -0.05) is 0 Å². The maximum absolute atomic E-state index is 8.90. The lowest BCUT2D eigenvalue weighted by Crippen LogP contribution is -2.17. The van der Waals surface area contributed by atoms with Gasteiger partial charge in [-0.05, 0) is 38.1 Å². The van der Waals surface area contributed by atoms with E-state index in [4.69, 9.17) is 14.6 Å². The first-order valence-corrected chi connectivity index (χ1v) is 5.76. The van der Waals surface area contributed by atoms with Crippen molar-refractivity contribution in [2.45, 2.75) is 18.9 Å². The summed E-state index contributed by atoms with van der Waals surface area (Å²) in [5, 5.41) is 12.1. The van der Waals surface area contributed by atoms with Gasteiger partial charge >= 0.3 is 0 Å². The van der Waals surface area contributed by atoms with E-state index in [1.165, 1.54) is 0 Å². The predicted octanol–water partition coefficient (Wildman–Crippen LogP) is 1.74. The van der Waals surface area contributed by atoms with Gasteiger partial charge in [-0.15, -0.1) is 0 Å². The number of ether oxygens (including phenoxy) is 2. The van der Waals surface area contributed by atoms with Gasteiger partial charge in [-0.2, -0.15) is 0 Å². The summed E-state index contributed by atoms with van der Waals surface area (Å²) in [5.41, 5.74) is 1.06. The van der Waals surface area contributed by atoms with Crippen molar-refractivity contribution in [2.24, 2.45) is 0 Å². The second kappa shape index (κ2) is 7.14. The third-order valence-corrected chi connectivity index (χ3v) is 2.81. The minimum absolute atomic E-state index is 0.159. The molecule has 0 fully saturated rings. The molecule has 0 amide bonds. The highest BCUT2D eigenvalue weighted by Crippen LogP contribution is 2.31. The van der Waals surface area contributed by atoms with Crippen molar-refractivity contribution in [2.75, 3.05) is 27.9 Å². The third-order valence-electron chi connectivity index (χ3n) is 2.81. The summed E-state index contributed by atoms with van der Waals surface area (Å²) >= 11 is 0. The normalized spacial score (nSPS) is 12.2. The van der Waals surface area contributed by atoms with E-state index < -0.39 is 0 Å². The number of methoxy groups -OCH3 is 2. The number of hydrogen-bond acceptors (Lipinski definition) is 4. The van der Waals surface area contributed by atoms with Crippen LogP contribution in [0.2, 0.25) is 0 Å². The van der Waals surface area contributed by atoms with Gasteiger partial charge in [0.05, 0.1) is 14.2 Å². The minimum atomic E-state index is 0.159. The average molecular weight is 239 g/mol. The van der Waals surface area contributed by atoms with Crippen LogP contribution in [0.5, 0.6) is 11.5 Å². The predicted molar refractivity (Wildman–Crippen MR) is 67.7 cm³/mol. The average Bonchev–Trinajstić information content (AvgIpc) is 2.39. The van der Waals surface area contributed by atoms with Crippen molar-refractivity contribution in [3.63, 3.8) is 0 Å². The highest BCUT2D eigenvalue weighted by atomic mass is 16.5. The van der Waals surface area contributed by atoms with E-state index in [2.05, 4.69) is 5.32 Å². The zero-order chi connectivity index (χ0) is 12.7. The molecule has 0 radical (unpaired) electrons. The van der Waals surface area contributed by atoms with Crippen molar-refractivity contribution in [3.05, 3.63) is 23.8 Å². The molecule has 96 valence electrons. The van der Waals surface area contributed by atoms with Crippen LogP contribution in [0.25, 0.3) is 0 Å². The molecule has 4 nitrogen and oxygen atoms in total. The van der Waals surface area contributed by atoms with E-state index in [0.29, 0.717) is 0 Å². The summed E-state index contributed by atoms with van der Waals surface area (Å²) in [5.74, 6) is 1.65. The van der Waals surface area contributed by atoms with Crippen molar-refractivity contribution in [3.8, 4) is 11.5 Å². The SMILES string of the molecule is CNC(CCCO)c1cc(OC)ccc1OC. The Balaban J connectivity index is 2.97. The van der Waals surface area contributed by atoms with Gasteiger partial charge in [0.1, 0.15) is 11.5 Å². The molecule has 0 aliphatic heterocycles. The molecule has 2 N–H and O–H groups in total. The van der Waals surface area contributed by atoms with Crippen molar-refractivity contribution < 1.29 is 14.6 Å². The Labute approximate surface area is 103 Å². The first kappa shape index (κ1) is 13.8. The van der Waals surface area contributed by atoms with E-state index in [1.54, 1.807) is 14.2 Å². The topological polar surface area (TPSA) is 50.7 Å². The van der Waals surface area contributed by atoms with Gasteiger partial charge in [0.25, 0.3) is 0 Å². The van der Waals surface area contributed by atoms with Gasteiger partial charge < -0.3 is 19.9 Å². The Morgan fingerprint density at radius 2 is 2.06 bits per heavy atom. The first-order chi connectivity index (χ1) is 8.26. The maximum Gasteiger partial charge on any atom is 0.123 e. The van der Waals surface area contributed by atoms with Crippen LogP contribution in [0.1, 0.15) is 24.4 Å². The molecule has 0 saturated carbocycles. The molecule has 4 heteroatoms. The zero-order valence-electron chi connectivity index (χ0n) is 10.7. The fourth-order valence-corrected chi connectivity index (χ4v) is 1.86. The Bertz CT molecular complexity index is 341. The lowest BCUT2D eigenvalue weighted by Gasteiger charge is -2.19. The number of aliphatic hydroxyl groups excluding tert-OH is 1. The molecule has 1 rings (SSSR count). The molecular formula is C13H21NO3. The molecule has 1 atom stereocenters. The zero-order valence-corrected chi connectivity index (χ0v) is 10.7. The molecule has 0 heterocycles. The van der Waals surface area contributed by atoms with E-state index in [-0.39, 0.29) is 12.6 Å². The van der Waals surface area contributed by atoms with E-state index >= 15 is 0 Å². The first-order valence-electron chi connectivity index (χ1n) is 5.76. The van der Waals surface area contributed by atoms with Crippen molar-refractivity contribution in [1.29, 1.82) is 0 Å². The van der Waals surface area contributed by atoms with Crippen LogP contribution in [0.4, 0.5) is 0 Å². The molecule has 0 saturated heterocycles. The summed E-state index contributed by atoms with van der Waals surface area (Å²) in [7, 11) is 5.21. The number of rotatable bonds is 7. The van der Waals surface area contributed by atoms with E-state index in [0.717, 1.165) is 29.9 Å². The van der Waals surface area contributed by atoms with Crippen LogP contribution in [0.15, 0.2) is 18.2 Å². The monoisotopic (exact) mass is 239 g/mol. The molecule has 1 unspecified atom stereocenters. The third kappa shape index (κ3) is 3.61. The van der Waals surface area contributed by atoms with Gasteiger partial charge in [-0.3, -0.25) is 0 Å². The molecule has 17 heavy (non-hydrogen) atoms.